The topological polar surface area (TPSA) is 38.0 Å². The molecule has 0 saturated carbocycles. The van der Waals surface area contributed by atoms with Crippen LogP contribution >= 0.6 is 8.73 Å². The molecule has 2 unspecified atom stereocenters. The zero-order valence-electron chi connectivity index (χ0n) is 5.02. The van der Waals surface area contributed by atoms with E-state index in [9.17, 15) is 0 Å². The minimum Gasteiger partial charge on any atom is -0.165 e. The summed E-state index contributed by atoms with van der Waals surface area (Å²) in [6, 6.07) is 0. The Morgan fingerprint density at radius 2 is 2.14 bits per heavy atom. The Labute approximate surface area is 46.2 Å². The van der Waals surface area contributed by atoms with Crippen LogP contribution in [0, 0.1) is 0 Å². The van der Waals surface area contributed by atoms with Crippen LogP contribution in [0.15, 0.2) is 0 Å². The van der Waals surface area contributed by atoms with Gasteiger partial charge < -0.3 is 0 Å². The zero-order chi connectivity index (χ0) is 5.91. The van der Waals surface area contributed by atoms with E-state index in [1.165, 1.54) is 0 Å². The molecule has 0 spiro atoms. The van der Waals surface area contributed by atoms with E-state index in [0.717, 1.165) is 0 Å². The van der Waals surface area contributed by atoms with Gasteiger partial charge in [-0.1, -0.05) is 0 Å². The van der Waals surface area contributed by atoms with Gasteiger partial charge in [-0.3, -0.25) is 0 Å². The lowest BCUT2D eigenvalue weighted by atomic mass is 11.3. The summed E-state index contributed by atoms with van der Waals surface area (Å²) in [4.78, 5) is 0. The van der Waals surface area contributed by atoms with Crippen LogP contribution in [0.1, 0.15) is 0 Å². The van der Waals surface area contributed by atoms with E-state index in [-0.39, 0.29) is 0 Å². The number of quaternary nitrogens is 1. The summed E-state index contributed by atoms with van der Waals surface area (Å²) in [5, 5.41) is 0. The van der Waals surface area contributed by atoms with Gasteiger partial charge >= 0.3 is 0 Å². The summed E-state index contributed by atoms with van der Waals surface area (Å²) >= 11 is 0. The Hall–Kier alpha value is 0.310. The van der Waals surface area contributed by atoms with E-state index < -0.39 is 0 Å². The number of nitrogens with one attached hydrogen (secondary N) is 1. The number of rotatable bonds is 2. The molecule has 0 aliphatic heterocycles. The van der Waals surface area contributed by atoms with Gasteiger partial charge in [0.15, 0.2) is 0 Å². The number of hydrogen-bond acceptors (Lipinski definition) is 2. The quantitative estimate of drug-likeness (QED) is 0.299. The Kier molecular flexibility index (Phi) is 2.69. The number of hydrogen-bond donors (Lipinski definition) is 2. The van der Waals surface area contributed by atoms with Gasteiger partial charge in [-0.2, -0.15) is 15.7 Å². The normalized spacial score (nSPS) is 20.6. The van der Waals surface area contributed by atoms with Crippen molar-refractivity contribution in [1.82, 2.24) is 5.43 Å². The highest BCUT2D eigenvalue weighted by molar-refractivity contribution is 7.30. The van der Waals surface area contributed by atoms with E-state index in [2.05, 4.69) is 12.1 Å². The molecule has 2 atom stereocenters. The highest BCUT2D eigenvalue weighted by Gasteiger charge is 2.07. The fourth-order valence-electron chi connectivity index (χ4n) is 0.112. The summed E-state index contributed by atoms with van der Waals surface area (Å²) in [5.74, 6) is 5.55. The molecule has 0 saturated heterocycles. The first-order chi connectivity index (χ1) is 3.12. The van der Waals surface area contributed by atoms with Crippen molar-refractivity contribution < 1.29 is 4.47 Å². The van der Waals surface area contributed by atoms with Crippen molar-refractivity contribution >= 4 is 8.73 Å². The third-order valence-electron chi connectivity index (χ3n) is 0.929. The standard InChI is InChI=1S/C3H13N3P/c1-5-6(2,4)7-3/h5,7H,4H2,1-3H3/q+1. The molecule has 0 aromatic heterocycles. The molecule has 0 rings (SSSR count). The van der Waals surface area contributed by atoms with E-state index in [0.29, 0.717) is 13.2 Å². The van der Waals surface area contributed by atoms with E-state index in [1.807, 2.05) is 14.1 Å². The summed E-state index contributed by atoms with van der Waals surface area (Å²) < 4.78 is 0.417. The summed E-state index contributed by atoms with van der Waals surface area (Å²) in [6.07, 6.45) is 0. The number of nitrogens with two attached hydrogens (primary N) is 1. The average molecular weight is 122 g/mol. The largest absolute Gasteiger partial charge is 0.165 e. The zero-order valence-corrected chi connectivity index (χ0v) is 6.02. The summed E-state index contributed by atoms with van der Waals surface area (Å²) in [6.45, 7) is 2.05. The maximum atomic E-state index is 5.55. The summed E-state index contributed by atoms with van der Waals surface area (Å²) in [7, 11) is 4.45. The second kappa shape index (κ2) is 2.58. The van der Waals surface area contributed by atoms with Crippen molar-refractivity contribution in [2.45, 2.75) is 0 Å². The van der Waals surface area contributed by atoms with Crippen molar-refractivity contribution in [2.75, 3.05) is 20.8 Å². The first-order valence-electron chi connectivity index (χ1n) is 2.15. The molecular formula is C3H13N3P+. The van der Waals surface area contributed by atoms with Gasteiger partial charge in [0.25, 0.3) is 0 Å². The van der Waals surface area contributed by atoms with Crippen LogP contribution in [0.3, 0.4) is 0 Å². The smallest absolute Gasteiger partial charge is 0.126 e. The Balaban J connectivity index is 3.36. The lowest BCUT2D eigenvalue weighted by Gasteiger charge is -2.22. The van der Waals surface area contributed by atoms with Gasteiger partial charge in [0.1, 0.15) is 15.8 Å². The fourth-order valence-corrected chi connectivity index (χ4v) is 0.335. The molecule has 0 heterocycles. The lowest BCUT2D eigenvalue weighted by Crippen LogP contribution is -2.51. The monoisotopic (exact) mass is 122 g/mol. The molecule has 3 N–H and O–H groups in total. The molecule has 0 aliphatic rings. The second-order valence-corrected chi connectivity index (χ2v) is 2.90. The van der Waals surface area contributed by atoms with E-state index >= 15 is 0 Å². The van der Waals surface area contributed by atoms with Gasteiger partial charge in [0.05, 0.1) is 0 Å². The Bertz CT molecular complexity index is 48.1. The second-order valence-electron chi connectivity index (χ2n) is 1.52. The molecule has 0 fully saturated rings. The minimum atomic E-state index is 0.417. The third kappa shape index (κ3) is 2.94. The molecule has 4 heteroatoms. The molecule has 0 amide bonds. The lowest BCUT2D eigenvalue weighted by molar-refractivity contribution is -0.839. The maximum Gasteiger partial charge on any atom is 0.126 e. The SMILES string of the molecule is CN[N+](C)(N)PC. The van der Waals surface area contributed by atoms with Gasteiger partial charge in [-0.25, -0.2) is 0 Å². The average Bonchev–Trinajstić information content (AvgIpc) is 1.68. The molecule has 0 aliphatic carbocycles. The van der Waals surface area contributed by atoms with Crippen LogP contribution in [0.5, 0.6) is 0 Å². The molecule has 0 bridgehead atoms. The molecule has 3 nitrogen and oxygen atoms in total. The van der Waals surface area contributed by atoms with E-state index in [4.69, 9.17) is 5.84 Å². The van der Waals surface area contributed by atoms with Crippen molar-refractivity contribution in [1.29, 1.82) is 0 Å². The Morgan fingerprint density at radius 3 is 2.14 bits per heavy atom. The van der Waals surface area contributed by atoms with Gasteiger partial charge in [0.2, 0.25) is 0 Å². The van der Waals surface area contributed by atoms with Gasteiger partial charge in [0, 0.05) is 13.7 Å². The van der Waals surface area contributed by atoms with Crippen LogP contribution in [0.2, 0.25) is 0 Å². The first-order valence-corrected chi connectivity index (χ1v) is 3.60. The molecule has 0 radical (unpaired) electrons. The Morgan fingerprint density at radius 1 is 1.71 bits per heavy atom. The molecule has 7 heavy (non-hydrogen) atoms. The molecule has 0 aromatic rings. The van der Waals surface area contributed by atoms with E-state index in [1.54, 1.807) is 0 Å². The molecule has 44 valence electrons. The maximum absolute atomic E-state index is 5.55. The molecular weight excluding hydrogens is 109 g/mol. The predicted molar refractivity (Wildman–Crippen MR) is 33.7 cm³/mol. The van der Waals surface area contributed by atoms with Gasteiger partial charge in [-0.15, -0.1) is 0 Å². The van der Waals surface area contributed by atoms with Crippen LogP contribution in [-0.4, -0.2) is 25.2 Å². The minimum absolute atomic E-state index is 0.417. The van der Waals surface area contributed by atoms with Crippen molar-refractivity contribution in [2.24, 2.45) is 5.84 Å². The van der Waals surface area contributed by atoms with Crippen molar-refractivity contribution in [3.63, 3.8) is 0 Å². The molecule has 0 aromatic carbocycles. The van der Waals surface area contributed by atoms with Gasteiger partial charge in [-0.05, 0) is 0 Å². The van der Waals surface area contributed by atoms with Crippen LogP contribution < -0.4 is 11.3 Å². The fraction of sp³-hybridized carbons (Fsp3) is 1.00. The predicted octanol–water partition coefficient (Wildman–Crippen LogP) is -0.336. The highest BCUT2D eigenvalue weighted by Crippen LogP contribution is 2.10. The van der Waals surface area contributed by atoms with Crippen molar-refractivity contribution in [3.05, 3.63) is 0 Å². The number of nitrogens with zero attached hydrogens (tertiary/aromatic N) is 1. The van der Waals surface area contributed by atoms with Crippen LogP contribution in [0.25, 0.3) is 0 Å². The highest BCUT2D eigenvalue weighted by atomic mass is 31.1. The van der Waals surface area contributed by atoms with Crippen LogP contribution in [-0.2, 0) is 0 Å². The summed E-state index contributed by atoms with van der Waals surface area (Å²) in [5.41, 5.74) is 2.92. The van der Waals surface area contributed by atoms with Crippen molar-refractivity contribution in [3.8, 4) is 0 Å². The van der Waals surface area contributed by atoms with Crippen LogP contribution in [0.4, 0.5) is 0 Å². The third-order valence-corrected chi connectivity index (χ3v) is 2.08. The first kappa shape index (κ1) is 7.31.